The van der Waals surface area contributed by atoms with Gasteiger partial charge >= 0.3 is 0 Å². The largest absolute Gasteiger partial charge is 0.394 e. The summed E-state index contributed by atoms with van der Waals surface area (Å²) in [4.78, 5) is 4.16. The fourth-order valence-corrected chi connectivity index (χ4v) is 1.48. The van der Waals surface area contributed by atoms with Gasteiger partial charge in [-0.2, -0.15) is 0 Å². The topological polar surface area (TPSA) is 64.1 Å². The van der Waals surface area contributed by atoms with Crippen molar-refractivity contribution >= 4 is 0 Å². The molecule has 84 valence electrons. The lowest BCUT2D eigenvalue weighted by Gasteiger charge is -2.03. The first-order valence-electron chi connectivity index (χ1n) is 5.18. The number of nitrogens with two attached hydrogens (primary N) is 1. The van der Waals surface area contributed by atoms with Crippen LogP contribution >= 0.6 is 0 Å². The van der Waals surface area contributed by atoms with Gasteiger partial charge in [0.2, 0.25) is 0 Å². The Balaban J connectivity index is 2.28. The molecule has 1 aromatic carbocycles. The molecule has 0 aliphatic rings. The minimum Gasteiger partial charge on any atom is -0.394 e. The highest BCUT2D eigenvalue weighted by molar-refractivity contribution is 5.34. The second kappa shape index (κ2) is 4.47. The van der Waals surface area contributed by atoms with Gasteiger partial charge in [-0.25, -0.2) is 4.98 Å². The van der Waals surface area contributed by atoms with Gasteiger partial charge in [-0.15, -0.1) is 0 Å². The molecule has 1 aromatic heterocycles. The van der Waals surface area contributed by atoms with E-state index < -0.39 is 6.04 Å². The van der Waals surface area contributed by atoms with Gasteiger partial charge in [0.05, 0.1) is 24.7 Å². The fraction of sp³-hybridized carbons (Fsp3) is 0.250. The van der Waals surface area contributed by atoms with E-state index in [9.17, 15) is 0 Å². The van der Waals surface area contributed by atoms with Crippen LogP contribution in [0.4, 0.5) is 0 Å². The highest BCUT2D eigenvalue weighted by atomic mass is 16.3. The zero-order valence-corrected chi connectivity index (χ0v) is 9.17. The van der Waals surface area contributed by atoms with Crippen LogP contribution in [0.5, 0.6) is 0 Å². The third kappa shape index (κ3) is 2.13. The molecule has 16 heavy (non-hydrogen) atoms. The van der Waals surface area contributed by atoms with E-state index in [2.05, 4.69) is 4.98 Å². The van der Waals surface area contributed by atoms with Crippen molar-refractivity contribution in [1.29, 1.82) is 0 Å². The third-order valence-electron chi connectivity index (χ3n) is 2.51. The average molecular weight is 217 g/mol. The Hall–Kier alpha value is -1.65. The Bertz CT molecular complexity index is 461. The molecular formula is C12H15N3O. The predicted molar refractivity (Wildman–Crippen MR) is 62.3 cm³/mol. The SMILES string of the molecule is Cc1ccc(-n2cnc(C(N)CO)c2)cc1. The number of rotatable bonds is 3. The molecule has 0 spiro atoms. The molecule has 2 aromatic rings. The van der Waals surface area contributed by atoms with Crippen LogP contribution in [0.3, 0.4) is 0 Å². The molecule has 0 aliphatic carbocycles. The highest BCUT2D eigenvalue weighted by Gasteiger charge is 2.08. The van der Waals surface area contributed by atoms with Crippen LogP contribution in [0.25, 0.3) is 5.69 Å². The molecule has 0 amide bonds. The highest BCUT2D eigenvalue weighted by Crippen LogP contribution is 2.12. The number of aromatic nitrogens is 2. The Morgan fingerprint density at radius 3 is 2.69 bits per heavy atom. The average Bonchev–Trinajstić information content (AvgIpc) is 2.78. The Morgan fingerprint density at radius 2 is 2.06 bits per heavy atom. The maximum atomic E-state index is 8.93. The third-order valence-corrected chi connectivity index (χ3v) is 2.51. The summed E-state index contributed by atoms with van der Waals surface area (Å²) in [6.07, 6.45) is 3.54. The van der Waals surface area contributed by atoms with Crippen LogP contribution in [0.1, 0.15) is 17.3 Å². The van der Waals surface area contributed by atoms with Crippen LogP contribution in [-0.4, -0.2) is 21.3 Å². The van der Waals surface area contributed by atoms with Crippen LogP contribution in [0, 0.1) is 6.92 Å². The van der Waals surface area contributed by atoms with E-state index in [0.717, 1.165) is 5.69 Å². The molecule has 4 heteroatoms. The molecule has 1 unspecified atom stereocenters. The number of aryl methyl sites for hydroxylation is 1. The molecule has 2 rings (SSSR count). The quantitative estimate of drug-likeness (QED) is 0.811. The number of hydrogen-bond donors (Lipinski definition) is 2. The zero-order valence-electron chi connectivity index (χ0n) is 9.17. The summed E-state index contributed by atoms with van der Waals surface area (Å²) in [7, 11) is 0. The molecule has 0 saturated heterocycles. The van der Waals surface area contributed by atoms with Crippen molar-refractivity contribution in [3.05, 3.63) is 48.0 Å². The van der Waals surface area contributed by atoms with Crippen LogP contribution in [0.15, 0.2) is 36.8 Å². The maximum Gasteiger partial charge on any atom is 0.0995 e. The van der Waals surface area contributed by atoms with E-state index in [-0.39, 0.29) is 6.61 Å². The van der Waals surface area contributed by atoms with Gasteiger partial charge in [0.25, 0.3) is 0 Å². The van der Waals surface area contributed by atoms with Crippen molar-refractivity contribution in [1.82, 2.24) is 9.55 Å². The number of aliphatic hydroxyl groups excluding tert-OH is 1. The molecule has 0 bridgehead atoms. The summed E-state index contributed by atoms with van der Waals surface area (Å²) in [5, 5.41) is 8.93. The van der Waals surface area contributed by atoms with Crippen molar-refractivity contribution in [2.24, 2.45) is 5.73 Å². The Morgan fingerprint density at radius 1 is 1.38 bits per heavy atom. The first kappa shape index (κ1) is 10.9. The van der Waals surface area contributed by atoms with Crippen molar-refractivity contribution in [2.45, 2.75) is 13.0 Å². The van der Waals surface area contributed by atoms with E-state index in [4.69, 9.17) is 10.8 Å². The van der Waals surface area contributed by atoms with Gasteiger partial charge in [0.15, 0.2) is 0 Å². The first-order valence-corrected chi connectivity index (χ1v) is 5.18. The van der Waals surface area contributed by atoms with E-state index in [1.807, 2.05) is 42.0 Å². The van der Waals surface area contributed by atoms with Gasteiger partial charge in [0, 0.05) is 11.9 Å². The molecular weight excluding hydrogens is 202 g/mol. The van der Waals surface area contributed by atoms with Crippen molar-refractivity contribution in [3.8, 4) is 5.69 Å². The Kier molecular flexibility index (Phi) is 3.03. The van der Waals surface area contributed by atoms with Crippen LogP contribution in [-0.2, 0) is 0 Å². The molecule has 0 saturated carbocycles. The lowest BCUT2D eigenvalue weighted by atomic mass is 10.2. The van der Waals surface area contributed by atoms with E-state index >= 15 is 0 Å². The van der Waals surface area contributed by atoms with E-state index in [0.29, 0.717) is 5.69 Å². The normalized spacial score (nSPS) is 12.7. The number of hydrogen-bond acceptors (Lipinski definition) is 3. The van der Waals surface area contributed by atoms with Gasteiger partial charge < -0.3 is 15.4 Å². The zero-order chi connectivity index (χ0) is 11.5. The predicted octanol–water partition coefficient (Wildman–Crippen LogP) is 1.17. The fourth-order valence-electron chi connectivity index (χ4n) is 1.48. The maximum absolute atomic E-state index is 8.93. The van der Waals surface area contributed by atoms with Gasteiger partial charge in [-0.05, 0) is 19.1 Å². The summed E-state index contributed by atoms with van der Waals surface area (Å²) in [6, 6.07) is 7.71. The summed E-state index contributed by atoms with van der Waals surface area (Å²) in [5.74, 6) is 0. The molecule has 4 nitrogen and oxygen atoms in total. The Labute approximate surface area is 94.4 Å². The van der Waals surface area contributed by atoms with Crippen LogP contribution in [0.2, 0.25) is 0 Å². The number of nitrogens with zero attached hydrogens (tertiary/aromatic N) is 2. The minimum absolute atomic E-state index is 0.0924. The minimum atomic E-state index is -0.410. The van der Waals surface area contributed by atoms with E-state index in [1.165, 1.54) is 5.56 Å². The van der Waals surface area contributed by atoms with Crippen molar-refractivity contribution in [3.63, 3.8) is 0 Å². The lowest BCUT2D eigenvalue weighted by Crippen LogP contribution is -2.14. The number of aliphatic hydroxyl groups is 1. The summed E-state index contributed by atoms with van der Waals surface area (Å²) in [6.45, 7) is 1.95. The second-order valence-corrected chi connectivity index (χ2v) is 3.83. The first-order chi connectivity index (χ1) is 7.70. The lowest BCUT2D eigenvalue weighted by molar-refractivity contribution is 0.266. The summed E-state index contributed by atoms with van der Waals surface area (Å²) in [5.41, 5.74) is 8.64. The van der Waals surface area contributed by atoms with Crippen molar-refractivity contribution in [2.75, 3.05) is 6.61 Å². The summed E-state index contributed by atoms with van der Waals surface area (Å²) < 4.78 is 1.89. The van der Waals surface area contributed by atoms with Gasteiger partial charge in [-0.1, -0.05) is 17.7 Å². The molecule has 1 atom stereocenters. The molecule has 0 aliphatic heterocycles. The van der Waals surface area contributed by atoms with Gasteiger partial charge in [-0.3, -0.25) is 0 Å². The monoisotopic (exact) mass is 217 g/mol. The smallest absolute Gasteiger partial charge is 0.0995 e. The van der Waals surface area contributed by atoms with Gasteiger partial charge in [0.1, 0.15) is 0 Å². The molecule has 1 heterocycles. The molecule has 3 N–H and O–H groups in total. The van der Waals surface area contributed by atoms with Crippen LogP contribution < -0.4 is 5.73 Å². The number of imidazole rings is 1. The standard InChI is InChI=1S/C12H15N3O/c1-9-2-4-10(5-3-9)15-6-12(14-8-15)11(13)7-16/h2-6,8,11,16H,7,13H2,1H3. The molecule has 0 radical (unpaired) electrons. The summed E-state index contributed by atoms with van der Waals surface area (Å²) >= 11 is 0. The molecule has 0 fully saturated rings. The number of benzene rings is 1. The second-order valence-electron chi connectivity index (χ2n) is 3.83. The van der Waals surface area contributed by atoms with Crippen molar-refractivity contribution < 1.29 is 5.11 Å². The van der Waals surface area contributed by atoms with E-state index in [1.54, 1.807) is 6.33 Å².